The first-order valence-electron chi connectivity index (χ1n) is 9.39. The zero-order valence-electron chi connectivity index (χ0n) is 16.8. The van der Waals surface area contributed by atoms with E-state index in [1.807, 2.05) is 6.07 Å². The summed E-state index contributed by atoms with van der Waals surface area (Å²) in [7, 11) is 0. The molecule has 0 aliphatic carbocycles. The van der Waals surface area contributed by atoms with Crippen LogP contribution in [0.25, 0.3) is 6.08 Å². The summed E-state index contributed by atoms with van der Waals surface area (Å²) >= 11 is 15.2. The van der Waals surface area contributed by atoms with Crippen LogP contribution >= 0.6 is 39.1 Å². The van der Waals surface area contributed by atoms with Crippen molar-refractivity contribution in [2.45, 2.75) is 6.61 Å². The van der Waals surface area contributed by atoms with E-state index in [2.05, 4.69) is 21.2 Å². The number of carboxylic acids is 1. The highest BCUT2D eigenvalue weighted by Crippen LogP contribution is 2.28. The molecule has 0 aliphatic heterocycles. The van der Waals surface area contributed by atoms with Crippen LogP contribution in [0.5, 0.6) is 5.75 Å². The number of nitriles is 1. The van der Waals surface area contributed by atoms with Gasteiger partial charge in [0.2, 0.25) is 0 Å². The smallest absolute Gasteiger partial charge is 0.335 e. The Bertz CT molecular complexity index is 1280. The number of carbonyl (C=O) groups excluding carboxylic acids is 1. The summed E-state index contributed by atoms with van der Waals surface area (Å²) in [5.74, 6) is -1.19. The lowest BCUT2D eigenvalue weighted by molar-refractivity contribution is -0.112. The molecule has 0 saturated carbocycles. The molecule has 0 aromatic heterocycles. The van der Waals surface area contributed by atoms with E-state index in [4.69, 9.17) is 33.0 Å². The van der Waals surface area contributed by atoms with Gasteiger partial charge in [-0.15, -0.1) is 0 Å². The summed E-state index contributed by atoms with van der Waals surface area (Å²) in [5.41, 5.74) is 1.70. The fraction of sp³-hybridized carbons (Fsp3) is 0.0417. The average Bonchev–Trinajstić information content (AvgIpc) is 2.79. The molecule has 3 aromatic rings. The first-order valence-corrected chi connectivity index (χ1v) is 10.9. The third-order valence-corrected chi connectivity index (χ3v) is 5.64. The molecule has 0 unspecified atom stereocenters. The molecule has 0 radical (unpaired) electrons. The third kappa shape index (κ3) is 6.59. The lowest BCUT2D eigenvalue weighted by Crippen LogP contribution is -2.13. The first kappa shape index (κ1) is 24.3. The molecule has 166 valence electrons. The summed E-state index contributed by atoms with van der Waals surface area (Å²) in [6, 6.07) is 18.0. The number of carboxylic acid groups (broad SMARTS) is 1. The maximum atomic E-state index is 12.6. The zero-order chi connectivity index (χ0) is 24.0. The first-order chi connectivity index (χ1) is 15.8. The number of rotatable bonds is 7. The minimum Gasteiger partial charge on any atom is -0.488 e. The van der Waals surface area contributed by atoms with Gasteiger partial charge in [-0.3, -0.25) is 4.79 Å². The standard InChI is InChI=1S/C24H15BrCl2N2O4/c25-18-5-8-22(33-13-14-1-3-15(4-2-14)24(31)32)16(10-18)9-17(12-28)23(30)29-19-6-7-20(26)21(27)11-19/h1-11H,13H2,(H,29,30)(H,31,32)/b17-9+. The molecule has 2 N–H and O–H groups in total. The van der Waals surface area contributed by atoms with E-state index >= 15 is 0 Å². The van der Waals surface area contributed by atoms with Crippen LogP contribution in [-0.2, 0) is 11.4 Å². The highest BCUT2D eigenvalue weighted by Gasteiger charge is 2.13. The second-order valence-electron chi connectivity index (χ2n) is 6.73. The molecule has 0 fully saturated rings. The van der Waals surface area contributed by atoms with E-state index in [9.17, 15) is 14.9 Å². The summed E-state index contributed by atoms with van der Waals surface area (Å²) in [4.78, 5) is 23.6. The Hall–Kier alpha value is -3.31. The molecule has 0 spiro atoms. The normalized spacial score (nSPS) is 10.9. The van der Waals surface area contributed by atoms with Gasteiger partial charge in [-0.1, -0.05) is 51.3 Å². The number of amides is 1. The second-order valence-corrected chi connectivity index (χ2v) is 8.46. The van der Waals surface area contributed by atoms with Crippen molar-refractivity contribution < 1.29 is 19.4 Å². The number of ether oxygens (including phenoxy) is 1. The molecular formula is C24H15BrCl2N2O4. The van der Waals surface area contributed by atoms with Crippen LogP contribution in [0.1, 0.15) is 21.5 Å². The van der Waals surface area contributed by atoms with Gasteiger partial charge in [-0.2, -0.15) is 5.26 Å². The molecule has 33 heavy (non-hydrogen) atoms. The van der Waals surface area contributed by atoms with E-state index in [0.29, 0.717) is 22.0 Å². The number of carbonyl (C=O) groups is 2. The maximum absolute atomic E-state index is 12.6. The fourth-order valence-electron chi connectivity index (χ4n) is 2.74. The van der Waals surface area contributed by atoms with Crippen molar-refractivity contribution in [3.63, 3.8) is 0 Å². The quantitative estimate of drug-likeness (QED) is 0.258. The van der Waals surface area contributed by atoms with Crippen molar-refractivity contribution in [1.82, 2.24) is 0 Å². The predicted molar refractivity (Wildman–Crippen MR) is 131 cm³/mol. The van der Waals surface area contributed by atoms with E-state index in [1.165, 1.54) is 24.3 Å². The number of benzene rings is 3. The number of halogens is 3. The summed E-state index contributed by atoms with van der Waals surface area (Å²) in [5, 5.41) is 21.8. The predicted octanol–water partition coefficient (Wildman–Crippen LogP) is 6.58. The van der Waals surface area contributed by atoms with Gasteiger partial charge in [-0.05, 0) is 60.2 Å². The second kappa shape index (κ2) is 11.0. The van der Waals surface area contributed by atoms with Gasteiger partial charge in [0.05, 0.1) is 15.6 Å². The minimum atomic E-state index is -1.01. The molecule has 3 rings (SSSR count). The van der Waals surface area contributed by atoms with Crippen LogP contribution < -0.4 is 10.1 Å². The topological polar surface area (TPSA) is 99.4 Å². The van der Waals surface area contributed by atoms with Crippen LogP contribution in [0.4, 0.5) is 5.69 Å². The van der Waals surface area contributed by atoms with Crippen LogP contribution in [-0.4, -0.2) is 17.0 Å². The van der Waals surface area contributed by atoms with E-state index in [1.54, 1.807) is 42.5 Å². The zero-order valence-corrected chi connectivity index (χ0v) is 19.9. The Morgan fingerprint density at radius 2 is 1.79 bits per heavy atom. The fourth-order valence-corrected chi connectivity index (χ4v) is 3.42. The Balaban J connectivity index is 1.81. The Labute approximate surface area is 208 Å². The van der Waals surface area contributed by atoms with Gasteiger partial charge in [0, 0.05) is 15.7 Å². The molecule has 9 heteroatoms. The molecule has 0 aliphatic rings. The summed E-state index contributed by atoms with van der Waals surface area (Å²) in [6.45, 7) is 0.166. The van der Waals surface area contributed by atoms with Crippen molar-refractivity contribution in [2.24, 2.45) is 0 Å². The number of nitrogens with zero attached hydrogens (tertiary/aromatic N) is 1. The van der Waals surface area contributed by atoms with Crippen LogP contribution in [0.15, 0.2) is 70.7 Å². The number of anilines is 1. The molecule has 0 heterocycles. The number of hydrogen-bond acceptors (Lipinski definition) is 4. The van der Waals surface area contributed by atoms with Crippen molar-refractivity contribution in [3.05, 3.63) is 97.4 Å². The minimum absolute atomic E-state index is 0.144. The molecule has 1 amide bonds. The molecule has 0 atom stereocenters. The lowest BCUT2D eigenvalue weighted by Gasteiger charge is -2.11. The Kier molecular flexibility index (Phi) is 8.12. The molecule has 0 saturated heterocycles. The van der Waals surface area contributed by atoms with Crippen molar-refractivity contribution in [1.29, 1.82) is 5.26 Å². The summed E-state index contributed by atoms with van der Waals surface area (Å²) in [6.07, 6.45) is 1.42. The molecular weight excluding hydrogens is 531 g/mol. The number of nitrogens with one attached hydrogen (secondary N) is 1. The number of aromatic carboxylic acids is 1. The van der Waals surface area contributed by atoms with Gasteiger partial charge in [0.1, 0.15) is 24.0 Å². The van der Waals surface area contributed by atoms with Crippen molar-refractivity contribution >= 4 is 62.8 Å². The van der Waals surface area contributed by atoms with Gasteiger partial charge < -0.3 is 15.2 Å². The maximum Gasteiger partial charge on any atom is 0.335 e. The third-order valence-electron chi connectivity index (χ3n) is 4.41. The Morgan fingerprint density at radius 3 is 2.42 bits per heavy atom. The van der Waals surface area contributed by atoms with Crippen LogP contribution in [0.3, 0.4) is 0 Å². The lowest BCUT2D eigenvalue weighted by atomic mass is 10.1. The van der Waals surface area contributed by atoms with Crippen molar-refractivity contribution in [3.8, 4) is 11.8 Å². The van der Waals surface area contributed by atoms with Gasteiger partial charge in [0.15, 0.2) is 0 Å². The van der Waals surface area contributed by atoms with Crippen LogP contribution in [0, 0.1) is 11.3 Å². The van der Waals surface area contributed by atoms with Crippen molar-refractivity contribution in [2.75, 3.05) is 5.32 Å². The highest BCUT2D eigenvalue weighted by atomic mass is 79.9. The van der Waals surface area contributed by atoms with E-state index in [-0.39, 0.29) is 22.8 Å². The highest BCUT2D eigenvalue weighted by molar-refractivity contribution is 9.10. The monoisotopic (exact) mass is 544 g/mol. The number of hydrogen-bond donors (Lipinski definition) is 2. The SMILES string of the molecule is N#C/C(=C\c1cc(Br)ccc1OCc1ccc(C(=O)O)cc1)C(=O)Nc1ccc(Cl)c(Cl)c1. The van der Waals surface area contributed by atoms with Gasteiger partial charge in [0.25, 0.3) is 5.91 Å². The summed E-state index contributed by atoms with van der Waals surface area (Å²) < 4.78 is 6.60. The molecule has 6 nitrogen and oxygen atoms in total. The Morgan fingerprint density at radius 1 is 1.06 bits per heavy atom. The van der Waals surface area contributed by atoms with E-state index in [0.717, 1.165) is 10.0 Å². The van der Waals surface area contributed by atoms with Gasteiger partial charge in [-0.25, -0.2) is 4.79 Å². The largest absolute Gasteiger partial charge is 0.488 e. The average molecular weight is 546 g/mol. The molecule has 0 bridgehead atoms. The van der Waals surface area contributed by atoms with Crippen LogP contribution in [0.2, 0.25) is 10.0 Å². The van der Waals surface area contributed by atoms with E-state index < -0.39 is 11.9 Å². The van der Waals surface area contributed by atoms with Gasteiger partial charge >= 0.3 is 5.97 Å². The molecule has 3 aromatic carbocycles.